The Labute approximate surface area is 78.1 Å². The van der Waals surface area contributed by atoms with Crippen LogP contribution in [-0.2, 0) is 18.0 Å². The fraction of sp³-hybridized carbons (Fsp3) is 0.750. The molecule has 0 saturated carbocycles. The molecule has 0 saturated heterocycles. The molecule has 0 fully saturated rings. The van der Waals surface area contributed by atoms with Gasteiger partial charge in [-0.15, -0.1) is 5.10 Å². The van der Waals surface area contributed by atoms with Crippen LogP contribution in [0, 0.1) is 0 Å². The number of rotatable bonds is 5. The summed E-state index contributed by atoms with van der Waals surface area (Å²) in [5, 5.41) is 10.9. The van der Waals surface area contributed by atoms with Crippen molar-refractivity contribution in [3.8, 4) is 0 Å². The number of hydrogen-bond acceptors (Lipinski definition) is 4. The summed E-state index contributed by atoms with van der Waals surface area (Å²) in [4.78, 5) is 0. The molecular weight excluding hydrogens is 168 g/mol. The first-order valence-corrected chi connectivity index (χ1v) is 4.37. The van der Waals surface area contributed by atoms with Gasteiger partial charge < -0.3 is 10.1 Å². The second kappa shape index (κ2) is 4.94. The summed E-state index contributed by atoms with van der Waals surface area (Å²) in [5.41, 5.74) is 0.926. The van der Waals surface area contributed by atoms with E-state index in [0.29, 0.717) is 6.73 Å². The van der Waals surface area contributed by atoms with E-state index in [0.717, 1.165) is 12.2 Å². The van der Waals surface area contributed by atoms with Crippen LogP contribution < -0.4 is 5.32 Å². The van der Waals surface area contributed by atoms with Crippen molar-refractivity contribution in [2.75, 3.05) is 7.05 Å². The smallest absolute Gasteiger partial charge is 0.141 e. The minimum absolute atomic E-state index is 0.219. The number of nitrogens with one attached hydrogen (secondary N) is 1. The number of ether oxygens (including phenoxy) is 1. The Morgan fingerprint density at radius 2 is 2.38 bits per heavy atom. The number of hydrogen-bond donors (Lipinski definition) is 1. The molecule has 74 valence electrons. The van der Waals surface area contributed by atoms with Gasteiger partial charge in [0.15, 0.2) is 0 Å². The van der Waals surface area contributed by atoms with E-state index >= 15 is 0 Å². The molecule has 1 heterocycles. The minimum Gasteiger partial charge on any atom is -0.357 e. The lowest BCUT2D eigenvalue weighted by atomic mass is 10.5. The Kier molecular flexibility index (Phi) is 3.85. The summed E-state index contributed by atoms with van der Waals surface area (Å²) < 4.78 is 7.05. The van der Waals surface area contributed by atoms with Gasteiger partial charge in [-0.1, -0.05) is 5.21 Å². The fourth-order valence-corrected chi connectivity index (χ4v) is 0.889. The van der Waals surface area contributed by atoms with Gasteiger partial charge in [-0.3, -0.25) is 0 Å². The topological polar surface area (TPSA) is 52.0 Å². The van der Waals surface area contributed by atoms with Crippen LogP contribution in [0.2, 0.25) is 0 Å². The van der Waals surface area contributed by atoms with Gasteiger partial charge in [0.2, 0.25) is 0 Å². The van der Waals surface area contributed by atoms with E-state index in [-0.39, 0.29) is 6.10 Å². The lowest BCUT2D eigenvalue weighted by Gasteiger charge is -2.05. The Morgan fingerprint density at radius 3 is 3.00 bits per heavy atom. The quantitative estimate of drug-likeness (QED) is 0.718. The van der Waals surface area contributed by atoms with Crippen molar-refractivity contribution in [1.29, 1.82) is 0 Å². The monoisotopic (exact) mass is 184 g/mol. The standard InChI is InChI=1S/C8H16N4O/c1-7(2)13-6-12-5-8(4-9-3)10-11-12/h5,7,9H,4,6H2,1-3H3. The molecule has 0 spiro atoms. The first kappa shape index (κ1) is 10.1. The normalized spacial score (nSPS) is 11.1. The molecule has 0 unspecified atom stereocenters. The maximum atomic E-state index is 5.36. The van der Waals surface area contributed by atoms with Gasteiger partial charge in [0.05, 0.1) is 18.0 Å². The zero-order valence-electron chi connectivity index (χ0n) is 8.32. The van der Waals surface area contributed by atoms with E-state index in [2.05, 4.69) is 15.6 Å². The molecule has 13 heavy (non-hydrogen) atoms. The fourth-order valence-electron chi connectivity index (χ4n) is 0.889. The van der Waals surface area contributed by atoms with Gasteiger partial charge in [-0.25, -0.2) is 4.68 Å². The second-order valence-electron chi connectivity index (χ2n) is 3.12. The first-order valence-electron chi connectivity index (χ1n) is 4.37. The highest BCUT2D eigenvalue weighted by atomic mass is 16.5. The van der Waals surface area contributed by atoms with Crippen molar-refractivity contribution in [1.82, 2.24) is 20.3 Å². The average Bonchev–Trinajstić information content (AvgIpc) is 2.50. The highest BCUT2D eigenvalue weighted by molar-refractivity contribution is 4.90. The van der Waals surface area contributed by atoms with E-state index in [1.807, 2.05) is 27.1 Å². The van der Waals surface area contributed by atoms with Crippen LogP contribution in [-0.4, -0.2) is 28.1 Å². The third-order valence-electron chi connectivity index (χ3n) is 1.48. The Balaban J connectivity index is 2.39. The molecule has 0 aliphatic rings. The van der Waals surface area contributed by atoms with Gasteiger partial charge in [0.25, 0.3) is 0 Å². The van der Waals surface area contributed by atoms with E-state index in [1.54, 1.807) is 4.68 Å². The van der Waals surface area contributed by atoms with Crippen molar-refractivity contribution in [3.05, 3.63) is 11.9 Å². The van der Waals surface area contributed by atoms with Gasteiger partial charge in [-0.05, 0) is 20.9 Å². The molecule has 0 atom stereocenters. The average molecular weight is 184 g/mol. The maximum Gasteiger partial charge on any atom is 0.141 e. The van der Waals surface area contributed by atoms with E-state index in [1.165, 1.54) is 0 Å². The molecule has 1 aromatic rings. The molecule has 0 bridgehead atoms. The molecule has 1 aromatic heterocycles. The largest absolute Gasteiger partial charge is 0.357 e. The summed E-state index contributed by atoms with van der Waals surface area (Å²) in [6.45, 7) is 5.19. The number of nitrogens with zero attached hydrogens (tertiary/aromatic N) is 3. The third kappa shape index (κ3) is 3.52. The highest BCUT2D eigenvalue weighted by Gasteiger charge is 1.99. The predicted octanol–water partition coefficient (Wildman–Crippen LogP) is 0.380. The molecule has 0 aromatic carbocycles. The van der Waals surface area contributed by atoms with Gasteiger partial charge >= 0.3 is 0 Å². The Morgan fingerprint density at radius 1 is 1.62 bits per heavy atom. The molecule has 0 radical (unpaired) electrons. The van der Waals surface area contributed by atoms with Gasteiger partial charge in [0.1, 0.15) is 6.73 Å². The third-order valence-corrected chi connectivity index (χ3v) is 1.48. The van der Waals surface area contributed by atoms with Crippen molar-refractivity contribution >= 4 is 0 Å². The maximum absolute atomic E-state index is 5.36. The summed E-state index contributed by atoms with van der Waals surface area (Å²) in [6.07, 6.45) is 2.09. The molecule has 5 heteroatoms. The van der Waals surface area contributed by atoms with Crippen LogP contribution in [0.3, 0.4) is 0 Å². The molecule has 5 nitrogen and oxygen atoms in total. The molecule has 1 rings (SSSR count). The summed E-state index contributed by atoms with van der Waals surface area (Å²) >= 11 is 0. The molecule has 0 aliphatic carbocycles. The Bertz CT molecular complexity index is 246. The summed E-state index contributed by atoms with van der Waals surface area (Å²) in [5.74, 6) is 0. The van der Waals surface area contributed by atoms with Crippen LogP contribution in [0.25, 0.3) is 0 Å². The lowest BCUT2D eigenvalue weighted by molar-refractivity contribution is 0.0211. The van der Waals surface area contributed by atoms with Crippen molar-refractivity contribution in [2.24, 2.45) is 0 Å². The van der Waals surface area contributed by atoms with Crippen molar-refractivity contribution < 1.29 is 4.74 Å². The lowest BCUT2D eigenvalue weighted by Crippen LogP contribution is -2.09. The summed E-state index contributed by atoms with van der Waals surface area (Å²) in [7, 11) is 1.88. The predicted molar refractivity (Wildman–Crippen MR) is 49.0 cm³/mol. The van der Waals surface area contributed by atoms with E-state index < -0.39 is 0 Å². The number of aromatic nitrogens is 3. The highest BCUT2D eigenvalue weighted by Crippen LogP contribution is 1.95. The van der Waals surface area contributed by atoms with Crippen LogP contribution in [0.1, 0.15) is 19.5 Å². The Hall–Kier alpha value is -0.940. The van der Waals surface area contributed by atoms with Crippen molar-refractivity contribution in [2.45, 2.75) is 33.2 Å². The molecular formula is C8H16N4O. The van der Waals surface area contributed by atoms with E-state index in [9.17, 15) is 0 Å². The van der Waals surface area contributed by atoms with Gasteiger partial charge in [0, 0.05) is 6.54 Å². The van der Waals surface area contributed by atoms with Crippen molar-refractivity contribution in [3.63, 3.8) is 0 Å². The first-order chi connectivity index (χ1) is 6.22. The molecule has 0 aliphatic heterocycles. The SMILES string of the molecule is CNCc1cn(COC(C)C)nn1. The van der Waals surface area contributed by atoms with Crippen LogP contribution in [0.5, 0.6) is 0 Å². The minimum atomic E-state index is 0.219. The van der Waals surface area contributed by atoms with Crippen LogP contribution in [0.4, 0.5) is 0 Å². The zero-order valence-corrected chi connectivity index (χ0v) is 8.32. The molecule has 0 amide bonds. The second-order valence-corrected chi connectivity index (χ2v) is 3.12. The van der Waals surface area contributed by atoms with Crippen LogP contribution in [0.15, 0.2) is 6.20 Å². The van der Waals surface area contributed by atoms with Gasteiger partial charge in [-0.2, -0.15) is 0 Å². The van der Waals surface area contributed by atoms with Crippen LogP contribution >= 0.6 is 0 Å². The molecule has 1 N–H and O–H groups in total. The summed E-state index contributed by atoms with van der Waals surface area (Å²) in [6, 6.07) is 0. The zero-order chi connectivity index (χ0) is 9.68. The van der Waals surface area contributed by atoms with E-state index in [4.69, 9.17) is 4.74 Å².